The number of piperidine rings is 1. The van der Waals surface area contributed by atoms with Crippen LogP contribution in [0.15, 0.2) is 28.8 Å². The molecule has 3 aliphatic rings. The highest BCUT2D eigenvalue weighted by Gasteiger charge is 2.34. The van der Waals surface area contributed by atoms with E-state index in [1.807, 2.05) is 12.1 Å². The van der Waals surface area contributed by atoms with E-state index >= 15 is 0 Å². The van der Waals surface area contributed by atoms with Crippen LogP contribution in [0.5, 0.6) is 0 Å². The Morgan fingerprint density at radius 3 is 2.81 bits per heavy atom. The summed E-state index contributed by atoms with van der Waals surface area (Å²) in [6, 6.07) is 8.74. The minimum atomic E-state index is 0.272. The van der Waals surface area contributed by atoms with Crippen LogP contribution >= 0.6 is 0 Å². The van der Waals surface area contributed by atoms with Gasteiger partial charge in [0, 0.05) is 45.2 Å². The Morgan fingerprint density at radius 1 is 1.03 bits per heavy atom. The third kappa shape index (κ3) is 4.89. The summed E-state index contributed by atoms with van der Waals surface area (Å²) in [6.07, 6.45) is 10.8. The maximum atomic E-state index is 12.3. The van der Waals surface area contributed by atoms with Gasteiger partial charge in [-0.3, -0.25) is 9.69 Å². The Morgan fingerprint density at radius 2 is 1.90 bits per heavy atom. The van der Waals surface area contributed by atoms with Gasteiger partial charge in [-0.2, -0.15) is 0 Å². The molecule has 1 amide bonds. The Balaban J connectivity index is 1.06. The smallest absolute Gasteiger partial charge is 0.220 e. The molecule has 0 unspecified atom stereocenters. The van der Waals surface area contributed by atoms with E-state index in [0.717, 1.165) is 62.4 Å². The zero-order valence-corrected chi connectivity index (χ0v) is 18.6. The van der Waals surface area contributed by atoms with Crippen molar-refractivity contribution in [1.82, 2.24) is 15.4 Å². The van der Waals surface area contributed by atoms with Crippen LogP contribution in [0.25, 0.3) is 11.0 Å². The van der Waals surface area contributed by atoms with E-state index in [-0.39, 0.29) is 5.91 Å². The number of benzene rings is 1. The monoisotopic (exact) mass is 424 g/mol. The molecule has 3 fully saturated rings. The number of hydrogen-bond donors (Lipinski definition) is 1. The fraction of sp³-hybridized carbons (Fsp3) is 0.680. The molecule has 0 bridgehead atoms. The first-order valence-corrected chi connectivity index (χ1v) is 12.4. The number of fused-ring (bicyclic) bond motifs is 2. The van der Waals surface area contributed by atoms with Crippen molar-refractivity contribution in [3.63, 3.8) is 0 Å². The molecule has 2 atom stereocenters. The number of carbonyl (C=O) groups excluding carboxylic acids is 1. The van der Waals surface area contributed by atoms with Crippen molar-refractivity contribution in [2.75, 3.05) is 37.6 Å². The topological polar surface area (TPSA) is 61.6 Å². The molecule has 1 aromatic heterocycles. The maximum absolute atomic E-state index is 12.3. The molecular formula is C25H36N4O2. The van der Waals surface area contributed by atoms with E-state index in [1.54, 1.807) is 0 Å². The van der Waals surface area contributed by atoms with Gasteiger partial charge in [0.25, 0.3) is 0 Å². The summed E-state index contributed by atoms with van der Waals surface area (Å²) in [7, 11) is 0. The lowest BCUT2D eigenvalue weighted by Gasteiger charge is -2.46. The number of hydrogen-bond acceptors (Lipinski definition) is 5. The minimum Gasteiger partial charge on any atom is -0.356 e. The van der Waals surface area contributed by atoms with E-state index in [9.17, 15) is 4.79 Å². The van der Waals surface area contributed by atoms with Gasteiger partial charge < -0.3 is 14.7 Å². The molecule has 6 nitrogen and oxygen atoms in total. The number of piperazine rings is 1. The van der Waals surface area contributed by atoms with E-state index in [0.29, 0.717) is 17.9 Å². The molecule has 1 N–H and O–H groups in total. The van der Waals surface area contributed by atoms with Crippen molar-refractivity contribution in [1.29, 1.82) is 0 Å². The molecule has 1 aromatic carbocycles. The SMILES string of the molecule is O=C(CC1CCCCC1)NCC[C@@H]1CC[C@@H]2CN(c3noc4ccccc34)CCN2C1. The van der Waals surface area contributed by atoms with Gasteiger partial charge in [0.05, 0.1) is 5.39 Å². The standard InChI is InChI=1S/C25H36N4O2/c30-24(16-19-6-2-1-3-7-19)26-13-12-20-10-11-21-18-29(15-14-28(21)17-20)25-22-8-4-5-9-23(22)31-27-25/h4-5,8-9,19-21H,1-3,6-7,10-18H2,(H,26,30)/t20-,21+/m0/s1. The van der Waals surface area contributed by atoms with Crippen LogP contribution in [0.1, 0.15) is 57.8 Å². The number of para-hydroxylation sites is 1. The Bertz CT molecular complexity index is 875. The quantitative estimate of drug-likeness (QED) is 0.753. The van der Waals surface area contributed by atoms with E-state index in [2.05, 4.69) is 32.4 Å². The molecule has 2 aromatic rings. The van der Waals surface area contributed by atoms with Gasteiger partial charge in [-0.1, -0.05) is 36.6 Å². The highest BCUT2D eigenvalue weighted by atomic mass is 16.5. The summed E-state index contributed by atoms with van der Waals surface area (Å²) in [5.74, 6) is 2.60. The van der Waals surface area contributed by atoms with Gasteiger partial charge in [-0.25, -0.2) is 0 Å². The summed E-state index contributed by atoms with van der Waals surface area (Å²) >= 11 is 0. The Kier molecular flexibility index (Phi) is 6.44. The second-order valence-electron chi connectivity index (χ2n) is 9.89. The average molecular weight is 425 g/mol. The zero-order valence-electron chi connectivity index (χ0n) is 18.6. The number of amides is 1. The third-order valence-electron chi connectivity index (χ3n) is 7.74. The lowest BCUT2D eigenvalue weighted by Crippen LogP contribution is -2.56. The highest BCUT2D eigenvalue weighted by molar-refractivity contribution is 5.88. The second kappa shape index (κ2) is 9.60. The number of aromatic nitrogens is 1. The van der Waals surface area contributed by atoms with Crippen molar-refractivity contribution in [2.24, 2.45) is 11.8 Å². The van der Waals surface area contributed by atoms with E-state index in [4.69, 9.17) is 4.52 Å². The number of anilines is 1. The number of carbonyl (C=O) groups is 1. The van der Waals surface area contributed by atoms with Crippen molar-refractivity contribution < 1.29 is 9.32 Å². The van der Waals surface area contributed by atoms with Crippen molar-refractivity contribution in [2.45, 2.75) is 63.8 Å². The molecule has 0 spiro atoms. The van der Waals surface area contributed by atoms with Crippen LogP contribution in [0, 0.1) is 11.8 Å². The van der Waals surface area contributed by atoms with Crippen LogP contribution in [0.2, 0.25) is 0 Å². The molecule has 168 valence electrons. The molecule has 6 heteroatoms. The first-order valence-electron chi connectivity index (χ1n) is 12.4. The van der Waals surface area contributed by atoms with Gasteiger partial charge in [-0.15, -0.1) is 0 Å². The largest absolute Gasteiger partial charge is 0.356 e. The van der Waals surface area contributed by atoms with Crippen LogP contribution in [-0.2, 0) is 4.79 Å². The van der Waals surface area contributed by atoms with Gasteiger partial charge >= 0.3 is 0 Å². The predicted molar refractivity (Wildman–Crippen MR) is 123 cm³/mol. The maximum Gasteiger partial charge on any atom is 0.220 e. The van der Waals surface area contributed by atoms with Gasteiger partial charge in [0.15, 0.2) is 11.4 Å². The summed E-state index contributed by atoms with van der Waals surface area (Å²) < 4.78 is 5.53. The molecule has 2 aliphatic heterocycles. The Hall–Kier alpha value is -2.08. The first-order chi connectivity index (χ1) is 15.3. The lowest BCUT2D eigenvalue weighted by molar-refractivity contribution is -0.122. The van der Waals surface area contributed by atoms with E-state index in [1.165, 1.54) is 44.9 Å². The summed E-state index contributed by atoms with van der Waals surface area (Å²) in [4.78, 5) is 17.3. The van der Waals surface area contributed by atoms with Gasteiger partial charge in [0.1, 0.15) is 0 Å². The number of nitrogens with one attached hydrogen (secondary N) is 1. The highest BCUT2D eigenvalue weighted by Crippen LogP contribution is 2.32. The summed E-state index contributed by atoms with van der Waals surface area (Å²) in [5.41, 5.74) is 0.870. The van der Waals surface area contributed by atoms with Gasteiger partial charge in [0.2, 0.25) is 5.91 Å². The molecule has 1 aliphatic carbocycles. The first kappa shape index (κ1) is 20.8. The Labute approximate surface area is 185 Å². The summed E-state index contributed by atoms with van der Waals surface area (Å²) in [5, 5.41) is 8.69. The van der Waals surface area contributed by atoms with Gasteiger partial charge in [-0.05, 0) is 56.1 Å². The molecule has 31 heavy (non-hydrogen) atoms. The predicted octanol–water partition coefficient (Wildman–Crippen LogP) is 4.21. The van der Waals surface area contributed by atoms with Crippen molar-refractivity contribution in [3.05, 3.63) is 24.3 Å². The summed E-state index contributed by atoms with van der Waals surface area (Å²) in [6.45, 7) is 5.11. The van der Waals surface area contributed by atoms with Crippen molar-refractivity contribution >= 4 is 22.7 Å². The zero-order chi connectivity index (χ0) is 21.0. The molecular weight excluding hydrogens is 388 g/mol. The van der Waals surface area contributed by atoms with Crippen LogP contribution in [0.3, 0.4) is 0 Å². The van der Waals surface area contributed by atoms with Crippen LogP contribution in [-0.4, -0.2) is 54.7 Å². The van der Waals surface area contributed by atoms with Crippen LogP contribution < -0.4 is 10.2 Å². The second-order valence-corrected chi connectivity index (χ2v) is 9.89. The van der Waals surface area contributed by atoms with Crippen LogP contribution in [0.4, 0.5) is 5.82 Å². The van der Waals surface area contributed by atoms with Crippen molar-refractivity contribution in [3.8, 4) is 0 Å². The number of nitrogens with zero attached hydrogens (tertiary/aromatic N) is 3. The third-order valence-corrected chi connectivity index (χ3v) is 7.74. The minimum absolute atomic E-state index is 0.272. The molecule has 0 radical (unpaired) electrons. The fourth-order valence-electron chi connectivity index (χ4n) is 5.93. The lowest BCUT2D eigenvalue weighted by atomic mass is 9.86. The average Bonchev–Trinajstić information content (AvgIpc) is 3.24. The molecule has 2 saturated heterocycles. The molecule has 1 saturated carbocycles. The molecule has 5 rings (SSSR count). The molecule has 3 heterocycles. The number of rotatable bonds is 6. The fourth-order valence-corrected chi connectivity index (χ4v) is 5.93. The van der Waals surface area contributed by atoms with E-state index < -0.39 is 0 Å². The normalized spacial score (nSPS) is 25.5.